The first-order chi connectivity index (χ1) is 11.2. The van der Waals surface area contributed by atoms with Crippen LogP contribution in [0.5, 0.6) is 5.88 Å². The van der Waals surface area contributed by atoms with Crippen molar-refractivity contribution in [2.24, 2.45) is 0 Å². The van der Waals surface area contributed by atoms with Gasteiger partial charge in [0.2, 0.25) is 5.88 Å². The minimum atomic E-state index is 0.158. The molecule has 0 N–H and O–H groups in total. The predicted octanol–water partition coefficient (Wildman–Crippen LogP) is 1.57. The van der Waals surface area contributed by atoms with Crippen LogP contribution in [-0.4, -0.2) is 52.4 Å². The van der Waals surface area contributed by atoms with Gasteiger partial charge >= 0.3 is 4.84 Å². The smallest absolute Gasteiger partial charge is 0.307 e. The van der Waals surface area contributed by atoms with E-state index in [-0.39, 0.29) is 6.61 Å². The zero-order valence-corrected chi connectivity index (χ0v) is 14.5. The summed E-state index contributed by atoms with van der Waals surface area (Å²) in [6, 6.07) is 1.78. The first-order valence-electron chi connectivity index (χ1n) is 7.10. The average Bonchev–Trinajstić information content (AvgIpc) is 2.94. The highest BCUT2D eigenvalue weighted by Gasteiger charge is 2.16. The van der Waals surface area contributed by atoms with Crippen molar-refractivity contribution in [2.75, 3.05) is 37.6 Å². The van der Waals surface area contributed by atoms with Crippen LogP contribution in [0.4, 0.5) is 0 Å². The molecule has 1 fully saturated rings. The molecule has 1 saturated heterocycles. The minimum absolute atomic E-state index is 0.158. The van der Waals surface area contributed by atoms with E-state index in [4.69, 9.17) is 26.1 Å². The third-order valence-corrected chi connectivity index (χ3v) is 4.05. The zero-order chi connectivity index (χ0) is 16.2. The average molecular weight is 355 g/mol. The predicted molar refractivity (Wildman–Crippen MR) is 87.0 cm³/mol. The molecule has 23 heavy (non-hydrogen) atoms. The number of nitrogens with zero attached hydrogens (tertiary/aromatic N) is 5. The quantitative estimate of drug-likeness (QED) is 0.451. The van der Waals surface area contributed by atoms with Crippen molar-refractivity contribution < 1.29 is 13.9 Å². The van der Waals surface area contributed by atoms with E-state index in [1.165, 1.54) is 11.8 Å². The van der Waals surface area contributed by atoms with Crippen LogP contribution in [0.3, 0.4) is 0 Å². The fraction of sp³-hybridized carbons (Fsp3) is 0.538. The lowest BCUT2D eigenvalue weighted by Gasteiger charge is -2.26. The molecule has 1 aliphatic rings. The summed E-state index contributed by atoms with van der Waals surface area (Å²) in [6.07, 6.45) is 1.95. The molecule has 10 heteroatoms. The highest BCUT2D eigenvalue weighted by Crippen LogP contribution is 2.18. The molecule has 124 valence electrons. The van der Waals surface area contributed by atoms with Gasteiger partial charge in [-0.25, -0.2) is 4.98 Å². The molecular formula is C13H17N5O3S2. The van der Waals surface area contributed by atoms with E-state index in [2.05, 4.69) is 15.1 Å². The Morgan fingerprint density at radius 1 is 1.35 bits per heavy atom. The third-order valence-electron chi connectivity index (χ3n) is 3.17. The molecule has 0 saturated carbocycles. The van der Waals surface area contributed by atoms with Gasteiger partial charge in [-0.05, 0) is 25.4 Å². The Morgan fingerprint density at radius 2 is 2.13 bits per heavy atom. The lowest BCUT2D eigenvalue weighted by atomic mass is 10.5. The Kier molecular flexibility index (Phi) is 5.13. The Balaban J connectivity index is 1.69. The Bertz CT molecular complexity index is 727. The molecule has 0 aromatic carbocycles. The highest BCUT2D eigenvalue weighted by atomic mass is 32.2. The van der Waals surface area contributed by atoms with Gasteiger partial charge in [0.1, 0.15) is 10.9 Å². The molecule has 0 amide bonds. The maximum atomic E-state index is 5.65. The second-order valence-corrected chi connectivity index (χ2v) is 5.98. The number of hydrogen-bond acceptors (Lipinski definition) is 9. The summed E-state index contributed by atoms with van der Waals surface area (Å²) >= 11 is 6.75. The van der Waals surface area contributed by atoms with Crippen LogP contribution < -0.4 is 9.75 Å². The van der Waals surface area contributed by atoms with Crippen LogP contribution in [0.1, 0.15) is 11.7 Å². The number of rotatable bonds is 5. The summed E-state index contributed by atoms with van der Waals surface area (Å²) in [5.41, 5.74) is 0. The van der Waals surface area contributed by atoms with Crippen LogP contribution in [0, 0.1) is 11.8 Å². The monoisotopic (exact) mass is 355 g/mol. The van der Waals surface area contributed by atoms with Gasteiger partial charge in [0, 0.05) is 6.07 Å². The fourth-order valence-corrected chi connectivity index (χ4v) is 2.81. The lowest BCUT2D eigenvalue weighted by molar-refractivity contribution is 0.108. The van der Waals surface area contributed by atoms with Crippen molar-refractivity contribution in [3.63, 3.8) is 0 Å². The largest absolute Gasteiger partial charge is 0.467 e. The topological polar surface area (TPSA) is 78.4 Å². The van der Waals surface area contributed by atoms with Gasteiger partial charge < -0.3 is 13.9 Å². The molecular weight excluding hydrogens is 338 g/mol. The maximum Gasteiger partial charge on any atom is 0.307 e. The second kappa shape index (κ2) is 7.28. The molecule has 3 heterocycles. The second-order valence-electron chi connectivity index (χ2n) is 4.80. The minimum Gasteiger partial charge on any atom is -0.467 e. The number of morpholine rings is 1. The van der Waals surface area contributed by atoms with Crippen molar-refractivity contribution in [1.29, 1.82) is 0 Å². The van der Waals surface area contributed by atoms with Gasteiger partial charge in [-0.2, -0.15) is 4.98 Å². The van der Waals surface area contributed by atoms with Crippen LogP contribution in [-0.2, 0) is 11.3 Å². The van der Waals surface area contributed by atoms with Crippen molar-refractivity contribution >= 4 is 24.0 Å². The summed E-state index contributed by atoms with van der Waals surface area (Å²) in [5.74, 6) is 1.55. The molecule has 2 aromatic rings. The molecule has 0 atom stereocenters. The summed E-state index contributed by atoms with van der Waals surface area (Å²) in [4.78, 5) is 10.4. The zero-order valence-electron chi connectivity index (χ0n) is 12.9. The van der Waals surface area contributed by atoms with E-state index in [1.807, 2.05) is 18.2 Å². The molecule has 0 unspecified atom stereocenters. The standard InChI is InChI=1S/C13H17N5O3S2/c1-9-14-10(7-12(15-9)23-2)20-8-11-16-18(13(22)21-11)17-3-5-19-6-4-17/h7H,3-6,8H2,1-2H3. The molecule has 1 aliphatic heterocycles. The SMILES string of the molecule is CSc1cc(OCc2nn(N3CCOCC3)c(=S)o2)nc(C)n1. The Labute approximate surface area is 142 Å². The summed E-state index contributed by atoms with van der Waals surface area (Å²) in [5, 5.41) is 7.20. The number of aryl methyl sites for hydroxylation is 1. The van der Waals surface area contributed by atoms with Crippen LogP contribution in [0.15, 0.2) is 15.5 Å². The lowest BCUT2D eigenvalue weighted by Crippen LogP contribution is -2.44. The van der Waals surface area contributed by atoms with E-state index in [0.717, 1.165) is 18.1 Å². The third kappa shape index (κ3) is 4.01. The molecule has 0 bridgehead atoms. The van der Waals surface area contributed by atoms with E-state index < -0.39 is 0 Å². The van der Waals surface area contributed by atoms with Gasteiger partial charge in [-0.3, -0.25) is 5.01 Å². The van der Waals surface area contributed by atoms with Gasteiger partial charge in [0.25, 0.3) is 5.89 Å². The van der Waals surface area contributed by atoms with Crippen LogP contribution in [0.2, 0.25) is 0 Å². The van der Waals surface area contributed by atoms with Crippen LogP contribution in [0.25, 0.3) is 0 Å². The Hall–Kier alpha value is -1.65. The molecule has 0 spiro atoms. The maximum absolute atomic E-state index is 5.65. The molecule has 2 aromatic heterocycles. The van der Waals surface area contributed by atoms with Crippen LogP contribution >= 0.6 is 24.0 Å². The highest BCUT2D eigenvalue weighted by molar-refractivity contribution is 7.98. The van der Waals surface area contributed by atoms with E-state index >= 15 is 0 Å². The van der Waals surface area contributed by atoms with Gasteiger partial charge in [0.15, 0.2) is 6.61 Å². The number of thioether (sulfide) groups is 1. The molecule has 8 nitrogen and oxygen atoms in total. The van der Waals surface area contributed by atoms with E-state index in [0.29, 0.717) is 35.6 Å². The summed E-state index contributed by atoms with van der Waals surface area (Å²) in [7, 11) is 0. The summed E-state index contributed by atoms with van der Waals surface area (Å²) < 4.78 is 16.5. The number of ether oxygens (including phenoxy) is 2. The van der Waals surface area contributed by atoms with Gasteiger partial charge in [-0.1, -0.05) is 0 Å². The Morgan fingerprint density at radius 3 is 2.87 bits per heavy atom. The first-order valence-corrected chi connectivity index (χ1v) is 8.73. The summed E-state index contributed by atoms with van der Waals surface area (Å²) in [6.45, 7) is 4.74. The van der Waals surface area contributed by atoms with Crippen molar-refractivity contribution in [3.8, 4) is 5.88 Å². The first kappa shape index (κ1) is 16.2. The van der Waals surface area contributed by atoms with E-state index in [1.54, 1.807) is 10.9 Å². The molecule has 0 aliphatic carbocycles. The molecule has 3 rings (SSSR count). The number of hydrogen-bond donors (Lipinski definition) is 0. The normalized spacial score (nSPS) is 15.0. The van der Waals surface area contributed by atoms with Gasteiger partial charge in [0.05, 0.1) is 26.3 Å². The fourth-order valence-electron chi connectivity index (χ4n) is 2.12. The van der Waals surface area contributed by atoms with Gasteiger partial charge in [-0.15, -0.1) is 21.7 Å². The number of aromatic nitrogens is 4. The van der Waals surface area contributed by atoms with Crippen molar-refractivity contribution in [3.05, 3.63) is 22.6 Å². The van der Waals surface area contributed by atoms with E-state index in [9.17, 15) is 0 Å². The van der Waals surface area contributed by atoms with Crippen molar-refractivity contribution in [2.45, 2.75) is 18.6 Å². The van der Waals surface area contributed by atoms with Crippen molar-refractivity contribution in [1.82, 2.24) is 19.9 Å². The molecule has 0 radical (unpaired) electrons.